The first-order valence-electron chi connectivity index (χ1n) is 15.9. The van der Waals surface area contributed by atoms with Crippen LogP contribution < -0.4 is 15.0 Å². The first-order chi connectivity index (χ1) is 22.3. The molecule has 11 heteroatoms. The summed E-state index contributed by atoms with van der Waals surface area (Å²) >= 11 is 0. The Balaban J connectivity index is 1.25. The van der Waals surface area contributed by atoms with Gasteiger partial charge < -0.3 is 15.0 Å². The third-order valence-corrected chi connectivity index (χ3v) is 11.0. The van der Waals surface area contributed by atoms with Crippen molar-refractivity contribution in [3.63, 3.8) is 0 Å². The Morgan fingerprint density at radius 2 is 2.04 bits per heavy atom. The smallest absolute Gasteiger partial charge is 0.319 e. The first-order valence-corrected chi connectivity index (χ1v) is 15.9. The summed E-state index contributed by atoms with van der Waals surface area (Å²) in [6.07, 6.45) is 10.0. The number of fused-ring (bicyclic) bond motifs is 3. The number of benzene rings is 2. The van der Waals surface area contributed by atoms with Crippen LogP contribution in [-0.4, -0.2) is 83.6 Å². The largest absolute Gasteiger partial charge is 0.461 e. The normalized spacial score (nSPS) is 28.7. The van der Waals surface area contributed by atoms with Crippen molar-refractivity contribution < 1.29 is 22.3 Å². The van der Waals surface area contributed by atoms with E-state index in [0.717, 1.165) is 38.8 Å². The lowest BCUT2D eigenvalue weighted by Crippen LogP contribution is -2.43. The standard InChI is InChI=1S/C35H34F4N6O/c1-3-22-25(38)9-8-20-6-4-7-23(28(20)22)30-29(39)31-24(17-41-30)32(44(2)27-15-35(27)11-12-40-26(35)16-36)43-33(42-31)46-19-34-10-5-13-45(34)18-21(37)14-34/h1,4,6-9,17,21,26-27,40H,5,10-16,18-19H2,2H3/t21-,26-,27?,34+,35+/m1/s1. The summed E-state index contributed by atoms with van der Waals surface area (Å²) in [5, 5.41) is 4.67. The van der Waals surface area contributed by atoms with E-state index in [0.29, 0.717) is 40.5 Å². The van der Waals surface area contributed by atoms with Crippen molar-refractivity contribution in [3.05, 3.63) is 53.7 Å². The van der Waals surface area contributed by atoms with E-state index in [1.54, 1.807) is 24.3 Å². The van der Waals surface area contributed by atoms with Gasteiger partial charge in [-0.3, -0.25) is 9.88 Å². The number of nitrogens with one attached hydrogen (secondary N) is 1. The zero-order valence-corrected chi connectivity index (χ0v) is 25.5. The summed E-state index contributed by atoms with van der Waals surface area (Å²) in [5.41, 5.74) is -0.370. The number of alkyl halides is 2. The molecule has 0 radical (unpaired) electrons. The molecule has 3 saturated heterocycles. The molecule has 1 saturated carbocycles. The van der Waals surface area contributed by atoms with Gasteiger partial charge in [0.05, 0.1) is 16.5 Å². The quantitative estimate of drug-likeness (QED) is 0.211. The summed E-state index contributed by atoms with van der Waals surface area (Å²) in [5.74, 6) is 1.53. The highest BCUT2D eigenvalue weighted by Gasteiger charge is 2.63. The van der Waals surface area contributed by atoms with Gasteiger partial charge in [0.15, 0.2) is 5.82 Å². The molecule has 3 aliphatic heterocycles. The molecule has 5 atom stereocenters. The molecule has 0 bridgehead atoms. The Bertz CT molecular complexity index is 1920. The highest BCUT2D eigenvalue weighted by Crippen LogP contribution is 2.58. The second-order valence-electron chi connectivity index (χ2n) is 13.3. The topological polar surface area (TPSA) is 66.4 Å². The van der Waals surface area contributed by atoms with Crippen LogP contribution in [0.3, 0.4) is 0 Å². The van der Waals surface area contributed by atoms with E-state index in [9.17, 15) is 13.2 Å². The zero-order valence-electron chi connectivity index (χ0n) is 25.5. The van der Waals surface area contributed by atoms with Crippen LogP contribution in [0.15, 0.2) is 36.5 Å². The number of halogens is 4. The van der Waals surface area contributed by atoms with Crippen LogP contribution in [-0.2, 0) is 0 Å². The molecular weight excluding hydrogens is 596 g/mol. The maximum Gasteiger partial charge on any atom is 0.319 e. The Morgan fingerprint density at radius 3 is 2.87 bits per heavy atom. The van der Waals surface area contributed by atoms with Crippen molar-refractivity contribution in [3.8, 4) is 29.6 Å². The SMILES string of the molecule is C#Cc1c(F)ccc2cccc(-c3ncc4c(N(C)C5C[C@]56CCN[C@@H]6CF)nc(OC[C@@]56CCCN5C[C@H](F)C6)nc4c3F)c12. The van der Waals surface area contributed by atoms with Gasteiger partial charge in [-0.15, -0.1) is 6.42 Å². The van der Waals surface area contributed by atoms with Crippen molar-refractivity contribution in [2.45, 2.75) is 55.9 Å². The van der Waals surface area contributed by atoms with Crippen LogP contribution in [0.4, 0.5) is 23.4 Å². The molecule has 0 amide bonds. The van der Waals surface area contributed by atoms with Gasteiger partial charge in [-0.05, 0) is 50.2 Å². The summed E-state index contributed by atoms with van der Waals surface area (Å²) in [4.78, 5) is 18.0. The second-order valence-corrected chi connectivity index (χ2v) is 13.3. The number of hydrogen-bond donors (Lipinski definition) is 1. The molecule has 1 aliphatic carbocycles. The van der Waals surface area contributed by atoms with Crippen LogP contribution in [0.1, 0.15) is 37.7 Å². The molecule has 2 aromatic carbocycles. The summed E-state index contributed by atoms with van der Waals surface area (Å²) in [6.45, 7) is 1.62. The monoisotopic (exact) mass is 630 g/mol. The van der Waals surface area contributed by atoms with Gasteiger partial charge in [-0.25, -0.2) is 17.6 Å². The van der Waals surface area contributed by atoms with E-state index in [1.165, 1.54) is 12.3 Å². The van der Waals surface area contributed by atoms with Crippen molar-refractivity contribution in [1.29, 1.82) is 0 Å². The van der Waals surface area contributed by atoms with Crippen LogP contribution in [0.2, 0.25) is 0 Å². The Labute approximate surface area is 264 Å². The Morgan fingerprint density at radius 1 is 1.17 bits per heavy atom. The van der Waals surface area contributed by atoms with Crippen molar-refractivity contribution in [2.75, 3.05) is 44.9 Å². The second kappa shape index (κ2) is 10.8. The molecule has 238 valence electrons. The molecule has 7 nitrogen and oxygen atoms in total. The van der Waals surface area contributed by atoms with Gasteiger partial charge in [-0.2, -0.15) is 9.97 Å². The average molecular weight is 631 g/mol. The van der Waals surface area contributed by atoms with E-state index >= 15 is 4.39 Å². The third kappa shape index (κ3) is 4.37. The molecule has 8 rings (SSSR count). The van der Waals surface area contributed by atoms with E-state index < -0.39 is 30.0 Å². The average Bonchev–Trinajstić information content (AvgIpc) is 3.26. The molecule has 2 aromatic heterocycles. The number of terminal acetylenes is 1. The molecular formula is C35H34F4N6O. The minimum Gasteiger partial charge on any atom is -0.461 e. The maximum atomic E-state index is 16.8. The minimum absolute atomic E-state index is 0.00984. The Kier molecular flexibility index (Phi) is 6.89. The number of rotatable bonds is 7. The number of anilines is 1. The number of ether oxygens (including phenoxy) is 1. The van der Waals surface area contributed by atoms with E-state index in [1.807, 2.05) is 11.9 Å². The predicted octanol–water partition coefficient (Wildman–Crippen LogP) is 5.59. The molecule has 1 spiro atoms. The lowest BCUT2D eigenvalue weighted by Gasteiger charge is -2.31. The van der Waals surface area contributed by atoms with Gasteiger partial charge in [0.1, 0.15) is 42.3 Å². The van der Waals surface area contributed by atoms with Gasteiger partial charge in [0, 0.05) is 54.7 Å². The highest BCUT2D eigenvalue weighted by molar-refractivity contribution is 6.02. The van der Waals surface area contributed by atoms with Crippen molar-refractivity contribution in [2.24, 2.45) is 5.41 Å². The van der Waals surface area contributed by atoms with Gasteiger partial charge in [0.25, 0.3) is 0 Å². The van der Waals surface area contributed by atoms with Gasteiger partial charge in [-0.1, -0.05) is 30.2 Å². The lowest BCUT2D eigenvalue weighted by molar-refractivity contribution is 0.107. The van der Waals surface area contributed by atoms with Crippen molar-refractivity contribution in [1.82, 2.24) is 25.2 Å². The molecule has 4 fully saturated rings. The Hall–Kier alpha value is -4.01. The fourth-order valence-corrected chi connectivity index (χ4v) is 8.56. The minimum atomic E-state index is -0.929. The third-order valence-electron chi connectivity index (χ3n) is 11.0. The number of aromatic nitrogens is 3. The summed E-state index contributed by atoms with van der Waals surface area (Å²) < 4.78 is 66.3. The number of pyridine rings is 1. The fourth-order valence-electron chi connectivity index (χ4n) is 8.56. The highest BCUT2D eigenvalue weighted by atomic mass is 19.1. The van der Waals surface area contributed by atoms with Gasteiger partial charge in [0.2, 0.25) is 0 Å². The van der Waals surface area contributed by atoms with Crippen molar-refractivity contribution >= 4 is 27.5 Å². The lowest BCUT2D eigenvalue weighted by atomic mass is 9.95. The van der Waals surface area contributed by atoms with Gasteiger partial charge >= 0.3 is 6.01 Å². The molecule has 5 heterocycles. The predicted molar refractivity (Wildman–Crippen MR) is 168 cm³/mol. The van der Waals surface area contributed by atoms with E-state index in [2.05, 4.69) is 26.1 Å². The summed E-state index contributed by atoms with van der Waals surface area (Å²) in [6, 6.07) is 7.76. The molecule has 4 aliphatic rings. The van der Waals surface area contributed by atoms with Crippen LogP contribution in [0.25, 0.3) is 32.9 Å². The molecule has 46 heavy (non-hydrogen) atoms. The van der Waals surface area contributed by atoms with Crippen LogP contribution in [0.5, 0.6) is 6.01 Å². The fraction of sp³-hybridized carbons (Fsp3) is 0.457. The molecule has 1 unspecified atom stereocenters. The summed E-state index contributed by atoms with van der Waals surface area (Å²) in [7, 11) is 1.87. The van der Waals surface area contributed by atoms with E-state index in [4.69, 9.17) is 16.1 Å². The number of nitrogens with zero attached hydrogens (tertiary/aromatic N) is 5. The van der Waals surface area contributed by atoms with E-state index in [-0.39, 0.29) is 46.9 Å². The van der Waals surface area contributed by atoms with Crippen LogP contribution in [0, 0.1) is 29.4 Å². The molecule has 4 aromatic rings. The first kappa shape index (κ1) is 29.4. The number of hydrogen-bond acceptors (Lipinski definition) is 7. The zero-order chi connectivity index (χ0) is 31.8. The van der Waals surface area contributed by atoms with Crippen LogP contribution >= 0.6 is 0 Å². The maximum absolute atomic E-state index is 16.8. The molecule has 1 N–H and O–H groups in total.